The molecule has 5 heteroatoms. The van der Waals surface area contributed by atoms with Gasteiger partial charge in [0.05, 0.1) is 12.3 Å². The van der Waals surface area contributed by atoms with Gasteiger partial charge in [0.15, 0.2) is 5.15 Å². The molecule has 0 amide bonds. The number of halogens is 2. The van der Waals surface area contributed by atoms with Crippen LogP contribution in [0.5, 0.6) is 0 Å². The highest BCUT2D eigenvalue weighted by Crippen LogP contribution is 2.26. The molecule has 0 unspecified atom stereocenters. The average molecular weight is 481 g/mol. The molecule has 0 bridgehead atoms. The fourth-order valence-corrected chi connectivity index (χ4v) is 3.99. The number of aliphatic hydroxyl groups excluding tert-OH is 1. The smallest absolute Gasteiger partial charge is 0.152 e. The number of aliphatic hydroxyl groups is 1. The largest absolute Gasteiger partial charge is 0.390 e. The molecule has 26 heavy (non-hydrogen) atoms. The second kappa shape index (κ2) is 9.02. The van der Waals surface area contributed by atoms with Crippen molar-refractivity contribution < 1.29 is 5.11 Å². The van der Waals surface area contributed by atoms with Gasteiger partial charge in [-0.3, -0.25) is 0 Å². The Bertz CT molecular complexity index is 874. The van der Waals surface area contributed by atoms with E-state index in [-0.39, 0.29) is 6.61 Å². The van der Waals surface area contributed by atoms with E-state index in [0.717, 1.165) is 25.1 Å². The van der Waals surface area contributed by atoms with Gasteiger partial charge in [0.1, 0.15) is 5.82 Å². The molecule has 0 fully saturated rings. The van der Waals surface area contributed by atoms with E-state index >= 15 is 0 Å². The molecule has 0 atom stereocenters. The first-order valence-electron chi connectivity index (χ1n) is 8.82. The molecule has 3 rings (SSSR count). The third-order valence-corrected chi connectivity index (χ3v) is 5.73. The molecule has 0 radical (unpaired) electrons. The number of hydrogen-bond donors (Lipinski definition) is 1. The van der Waals surface area contributed by atoms with Crippen LogP contribution in [0.15, 0.2) is 48.5 Å². The van der Waals surface area contributed by atoms with Crippen LogP contribution in [-0.2, 0) is 19.6 Å². The molecule has 3 nitrogen and oxygen atoms in total. The molecule has 0 aliphatic carbocycles. The van der Waals surface area contributed by atoms with E-state index in [1.807, 2.05) is 0 Å². The molecule has 1 heterocycles. The van der Waals surface area contributed by atoms with Crippen molar-refractivity contribution in [1.82, 2.24) is 9.55 Å². The standard InChI is InChI=1S/C21H22ClIN2O/c1-2-3-8-20-24-21(22)19(14-26)25(20)13-15-9-11-16(12-10-15)17-6-4-5-7-18(17)23/h4-7,9-12,26H,2-3,8,13-14H2,1H3. The first-order valence-corrected chi connectivity index (χ1v) is 10.3. The van der Waals surface area contributed by atoms with Gasteiger partial charge in [0.25, 0.3) is 0 Å². The van der Waals surface area contributed by atoms with Gasteiger partial charge in [-0.2, -0.15) is 0 Å². The van der Waals surface area contributed by atoms with Gasteiger partial charge in [-0.25, -0.2) is 4.98 Å². The number of nitrogens with zero attached hydrogens (tertiary/aromatic N) is 2. The van der Waals surface area contributed by atoms with Crippen molar-refractivity contribution in [3.8, 4) is 11.1 Å². The predicted molar refractivity (Wildman–Crippen MR) is 115 cm³/mol. The van der Waals surface area contributed by atoms with Gasteiger partial charge in [-0.1, -0.05) is 67.4 Å². The second-order valence-electron chi connectivity index (χ2n) is 6.29. The van der Waals surface area contributed by atoms with E-state index in [2.05, 4.69) is 87.6 Å². The molecule has 0 saturated carbocycles. The van der Waals surface area contributed by atoms with E-state index in [4.69, 9.17) is 11.6 Å². The van der Waals surface area contributed by atoms with E-state index in [1.54, 1.807) is 0 Å². The van der Waals surface area contributed by atoms with Crippen LogP contribution in [0.25, 0.3) is 11.1 Å². The molecule has 136 valence electrons. The molecule has 3 aromatic rings. The van der Waals surface area contributed by atoms with Crippen molar-refractivity contribution in [2.24, 2.45) is 0 Å². The van der Waals surface area contributed by atoms with Crippen LogP contribution in [0.3, 0.4) is 0 Å². The number of rotatable bonds is 7. The lowest BCUT2D eigenvalue weighted by atomic mass is 10.0. The molecule has 0 saturated heterocycles. The Morgan fingerprint density at radius 2 is 1.85 bits per heavy atom. The van der Waals surface area contributed by atoms with Gasteiger partial charge < -0.3 is 9.67 Å². The van der Waals surface area contributed by atoms with Crippen LogP contribution >= 0.6 is 34.2 Å². The summed E-state index contributed by atoms with van der Waals surface area (Å²) < 4.78 is 3.29. The van der Waals surface area contributed by atoms with Gasteiger partial charge in [0.2, 0.25) is 0 Å². The van der Waals surface area contributed by atoms with E-state index < -0.39 is 0 Å². The van der Waals surface area contributed by atoms with E-state index in [0.29, 0.717) is 17.4 Å². The number of aryl methyl sites for hydroxylation is 1. The number of unbranched alkanes of at least 4 members (excludes halogenated alkanes) is 1. The summed E-state index contributed by atoms with van der Waals surface area (Å²) >= 11 is 8.59. The van der Waals surface area contributed by atoms with Crippen molar-refractivity contribution >= 4 is 34.2 Å². The van der Waals surface area contributed by atoms with Gasteiger partial charge in [0, 0.05) is 16.5 Å². The Morgan fingerprint density at radius 1 is 1.12 bits per heavy atom. The fourth-order valence-electron chi connectivity index (χ4n) is 3.04. The first kappa shape index (κ1) is 19.4. The predicted octanol–water partition coefficient (Wildman–Crippen LogP) is 5.69. The number of benzene rings is 2. The molecular weight excluding hydrogens is 459 g/mol. The van der Waals surface area contributed by atoms with Gasteiger partial charge >= 0.3 is 0 Å². The molecule has 0 aliphatic rings. The minimum absolute atomic E-state index is 0.0990. The Labute approximate surface area is 173 Å². The zero-order chi connectivity index (χ0) is 18.5. The monoisotopic (exact) mass is 480 g/mol. The molecule has 0 aliphatic heterocycles. The third kappa shape index (κ3) is 4.30. The lowest BCUT2D eigenvalue weighted by molar-refractivity contribution is 0.271. The minimum Gasteiger partial charge on any atom is -0.390 e. The normalized spacial score (nSPS) is 11.1. The van der Waals surface area contributed by atoms with Crippen molar-refractivity contribution in [1.29, 1.82) is 0 Å². The van der Waals surface area contributed by atoms with E-state index in [1.165, 1.54) is 20.3 Å². The summed E-state index contributed by atoms with van der Waals surface area (Å²) in [5.41, 5.74) is 4.31. The average Bonchev–Trinajstić information content (AvgIpc) is 2.95. The van der Waals surface area contributed by atoms with Gasteiger partial charge in [-0.15, -0.1) is 0 Å². The summed E-state index contributed by atoms with van der Waals surface area (Å²) in [6.07, 6.45) is 3.03. The highest BCUT2D eigenvalue weighted by atomic mass is 127. The van der Waals surface area contributed by atoms with Crippen molar-refractivity contribution in [3.05, 3.63) is 74.3 Å². The Kier molecular flexibility index (Phi) is 6.73. The lowest BCUT2D eigenvalue weighted by Crippen LogP contribution is -2.09. The maximum atomic E-state index is 9.69. The third-order valence-electron chi connectivity index (χ3n) is 4.49. The van der Waals surface area contributed by atoms with Crippen molar-refractivity contribution in [3.63, 3.8) is 0 Å². The maximum absolute atomic E-state index is 9.69. The SMILES string of the molecule is CCCCc1nc(Cl)c(CO)n1Cc1ccc(-c2ccccc2I)cc1. The van der Waals surface area contributed by atoms with E-state index in [9.17, 15) is 5.11 Å². The zero-order valence-electron chi connectivity index (χ0n) is 14.8. The molecule has 0 spiro atoms. The Morgan fingerprint density at radius 3 is 2.50 bits per heavy atom. The summed E-state index contributed by atoms with van der Waals surface area (Å²) in [6, 6.07) is 16.9. The van der Waals surface area contributed by atoms with Crippen molar-refractivity contribution in [2.75, 3.05) is 0 Å². The number of hydrogen-bond acceptors (Lipinski definition) is 2. The first-order chi connectivity index (χ1) is 12.6. The quantitative estimate of drug-likeness (QED) is 0.441. The van der Waals surface area contributed by atoms with Crippen LogP contribution in [0.1, 0.15) is 36.8 Å². The van der Waals surface area contributed by atoms with Crippen LogP contribution in [0.4, 0.5) is 0 Å². The fraction of sp³-hybridized carbons (Fsp3) is 0.286. The Balaban J connectivity index is 1.86. The topological polar surface area (TPSA) is 38.1 Å². The van der Waals surface area contributed by atoms with Crippen molar-refractivity contribution in [2.45, 2.75) is 39.3 Å². The summed E-state index contributed by atoms with van der Waals surface area (Å²) in [4.78, 5) is 4.46. The molecule has 2 aromatic carbocycles. The molecular formula is C21H22ClIN2O. The van der Waals surface area contributed by atoms with Crippen LogP contribution in [0, 0.1) is 3.57 Å². The lowest BCUT2D eigenvalue weighted by Gasteiger charge is -2.12. The number of imidazole rings is 1. The van der Waals surface area contributed by atoms with Gasteiger partial charge in [-0.05, 0) is 51.8 Å². The Hall–Kier alpha value is -1.37. The second-order valence-corrected chi connectivity index (χ2v) is 7.81. The summed E-state index contributed by atoms with van der Waals surface area (Å²) in [7, 11) is 0. The summed E-state index contributed by atoms with van der Waals surface area (Å²) in [6.45, 7) is 2.73. The minimum atomic E-state index is -0.0990. The highest BCUT2D eigenvalue weighted by Gasteiger charge is 2.15. The number of aromatic nitrogens is 2. The maximum Gasteiger partial charge on any atom is 0.152 e. The summed E-state index contributed by atoms with van der Waals surface area (Å²) in [5.74, 6) is 0.947. The summed E-state index contributed by atoms with van der Waals surface area (Å²) in [5, 5.41) is 10.1. The zero-order valence-corrected chi connectivity index (χ0v) is 17.7. The van der Waals surface area contributed by atoms with Crippen LogP contribution < -0.4 is 0 Å². The molecule has 1 aromatic heterocycles. The molecule has 1 N–H and O–H groups in total. The van der Waals surface area contributed by atoms with Crippen LogP contribution in [-0.4, -0.2) is 14.7 Å². The highest BCUT2D eigenvalue weighted by molar-refractivity contribution is 14.1. The van der Waals surface area contributed by atoms with Crippen LogP contribution in [0.2, 0.25) is 5.15 Å².